The summed E-state index contributed by atoms with van der Waals surface area (Å²) in [7, 11) is 0. The Balaban J connectivity index is 1.75. The van der Waals surface area contributed by atoms with E-state index in [1.807, 2.05) is 0 Å². The molecule has 0 spiro atoms. The SMILES string of the molecule is C=CCOC1=CC=C(C(C)(C)c2ccc(C(C)(C)C3=CC=C(OCC=C)CC3)cc2)CC1. The van der Waals surface area contributed by atoms with Gasteiger partial charge in [-0.05, 0) is 36.1 Å². The Kier molecular flexibility index (Phi) is 7.66. The molecule has 0 aromatic heterocycles. The van der Waals surface area contributed by atoms with Gasteiger partial charge in [-0.15, -0.1) is 0 Å². The fraction of sp³-hybridized carbons (Fsp3) is 0.400. The molecule has 0 saturated carbocycles. The highest BCUT2D eigenvalue weighted by Gasteiger charge is 2.30. The lowest BCUT2D eigenvalue weighted by Gasteiger charge is -2.33. The Hall–Kier alpha value is -2.74. The Labute approximate surface area is 194 Å². The summed E-state index contributed by atoms with van der Waals surface area (Å²) in [5.74, 6) is 2.10. The first-order valence-corrected chi connectivity index (χ1v) is 11.7. The third-order valence-electron chi connectivity index (χ3n) is 6.93. The van der Waals surface area contributed by atoms with Crippen LogP contribution in [0.5, 0.6) is 0 Å². The predicted octanol–water partition coefficient (Wildman–Crippen LogP) is 7.86. The lowest BCUT2D eigenvalue weighted by atomic mass is 9.71. The number of benzene rings is 1. The number of hydrogen-bond donors (Lipinski definition) is 0. The van der Waals surface area contributed by atoms with E-state index in [1.165, 1.54) is 22.3 Å². The average Bonchev–Trinajstić information content (AvgIpc) is 2.82. The number of hydrogen-bond acceptors (Lipinski definition) is 2. The maximum Gasteiger partial charge on any atom is 0.106 e. The molecule has 1 aromatic rings. The fourth-order valence-electron chi connectivity index (χ4n) is 4.52. The van der Waals surface area contributed by atoms with Gasteiger partial charge < -0.3 is 9.47 Å². The van der Waals surface area contributed by atoms with Crippen molar-refractivity contribution in [1.82, 2.24) is 0 Å². The van der Waals surface area contributed by atoms with Gasteiger partial charge in [0.25, 0.3) is 0 Å². The Morgan fingerprint density at radius 1 is 0.656 bits per heavy atom. The standard InChI is InChI=1S/C30H38O2/c1-7-21-31-27-17-13-25(14-18-27)29(3,4)23-9-11-24(12-10-23)30(5,6)26-15-19-28(20-16-26)32-22-8-2/h7-13,15,17,19H,1-2,14,16,18,20-22H2,3-6H3. The van der Waals surface area contributed by atoms with Gasteiger partial charge in [-0.3, -0.25) is 0 Å². The van der Waals surface area contributed by atoms with E-state index < -0.39 is 0 Å². The van der Waals surface area contributed by atoms with Crippen molar-refractivity contribution in [1.29, 1.82) is 0 Å². The average molecular weight is 431 g/mol. The van der Waals surface area contributed by atoms with Crippen molar-refractivity contribution in [3.8, 4) is 0 Å². The van der Waals surface area contributed by atoms with E-state index in [4.69, 9.17) is 9.47 Å². The first kappa shape index (κ1) is 23.9. The molecule has 1 aromatic carbocycles. The minimum Gasteiger partial charge on any atom is -0.494 e. The molecule has 2 nitrogen and oxygen atoms in total. The van der Waals surface area contributed by atoms with Crippen molar-refractivity contribution >= 4 is 0 Å². The van der Waals surface area contributed by atoms with Gasteiger partial charge in [-0.1, -0.05) is 101 Å². The summed E-state index contributed by atoms with van der Waals surface area (Å²) >= 11 is 0. The van der Waals surface area contributed by atoms with Crippen LogP contribution in [-0.2, 0) is 20.3 Å². The van der Waals surface area contributed by atoms with E-state index >= 15 is 0 Å². The summed E-state index contributed by atoms with van der Waals surface area (Å²) in [4.78, 5) is 0. The van der Waals surface area contributed by atoms with Crippen molar-refractivity contribution in [3.05, 3.63) is 108 Å². The molecule has 0 heterocycles. The van der Waals surface area contributed by atoms with Crippen molar-refractivity contribution in [2.45, 2.75) is 64.2 Å². The molecule has 0 aliphatic heterocycles. The molecule has 0 unspecified atom stereocenters. The van der Waals surface area contributed by atoms with E-state index in [9.17, 15) is 0 Å². The van der Waals surface area contributed by atoms with Crippen LogP contribution in [0.3, 0.4) is 0 Å². The van der Waals surface area contributed by atoms with Crippen LogP contribution in [0, 0.1) is 0 Å². The highest BCUT2D eigenvalue weighted by Crippen LogP contribution is 2.40. The summed E-state index contributed by atoms with van der Waals surface area (Å²) in [6.45, 7) is 17.9. The summed E-state index contributed by atoms with van der Waals surface area (Å²) in [5, 5.41) is 0. The summed E-state index contributed by atoms with van der Waals surface area (Å²) < 4.78 is 11.4. The highest BCUT2D eigenvalue weighted by atomic mass is 16.5. The van der Waals surface area contributed by atoms with Crippen molar-refractivity contribution in [2.75, 3.05) is 13.2 Å². The Bertz CT molecular complexity index is 870. The largest absolute Gasteiger partial charge is 0.494 e. The van der Waals surface area contributed by atoms with Crippen LogP contribution < -0.4 is 0 Å². The third kappa shape index (κ3) is 5.35. The first-order valence-electron chi connectivity index (χ1n) is 11.7. The van der Waals surface area contributed by atoms with Crippen molar-refractivity contribution in [3.63, 3.8) is 0 Å². The van der Waals surface area contributed by atoms with Gasteiger partial charge in [0.1, 0.15) is 13.2 Å². The van der Waals surface area contributed by atoms with Crippen LogP contribution in [0.1, 0.15) is 64.5 Å². The Morgan fingerprint density at radius 2 is 1.03 bits per heavy atom. The minimum absolute atomic E-state index is 0.00657. The van der Waals surface area contributed by atoms with E-state index in [0.29, 0.717) is 13.2 Å². The number of ether oxygens (including phenoxy) is 2. The second kappa shape index (κ2) is 10.3. The molecule has 170 valence electrons. The van der Waals surface area contributed by atoms with Crippen LogP contribution in [0.4, 0.5) is 0 Å². The second-order valence-electron chi connectivity index (χ2n) is 9.68. The van der Waals surface area contributed by atoms with E-state index in [2.05, 4.69) is 89.4 Å². The van der Waals surface area contributed by atoms with Gasteiger partial charge in [-0.25, -0.2) is 0 Å². The molecular formula is C30H38O2. The van der Waals surface area contributed by atoms with E-state index in [1.54, 1.807) is 12.2 Å². The molecule has 32 heavy (non-hydrogen) atoms. The van der Waals surface area contributed by atoms with Gasteiger partial charge in [0.2, 0.25) is 0 Å². The zero-order chi connectivity index (χ0) is 23.2. The normalized spacial score (nSPS) is 16.9. The molecule has 2 aliphatic rings. The molecule has 0 N–H and O–H groups in total. The van der Waals surface area contributed by atoms with Gasteiger partial charge in [0.05, 0.1) is 11.5 Å². The fourth-order valence-corrected chi connectivity index (χ4v) is 4.52. The second-order valence-corrected chi connectivity index (χ2v) is 9.68. The predicted molar refractivity (Wildman–Crippen MR) is 136 cm³/mol. The highest BCUT2D eigenvalue weighted by molar-refractivity contribution is 5.43. The monoisotopic (exact) mass is 430 g/mol. The van der Waals surface area contributed by atoms with E-state index in [-0.39, 0.29) is 10.8 Å². The smallest absolute Gasteiger partial charge is 0.106 e. The van der Waals surface area contributed by atoms with Crippen LogP contribution in [0.15, 0.2) is 96.5 Å². The minimum atomic E-state index is -0.00657. The first-order chi connectivity index (χ1) is 15.3. The van der Waals surface area contributed by atoms with Gasteiger partial charge in [0, 0.05) is 23.7 Å². The number of allylic oxidation sites excluding steroid dienone is 8. The zero-order valence-corrected chi connectivity index (χ0v) is 20.2. The van der Waals surface area contributed by atoms with Gasteiger partial charge >= 0.3 is 0 Å². The van der Waals surface area contributed by atoms with Gasteiger partial charge in [0.15, 0.2) is 0 Å². The third-order valence-corrected chi connectivity index (χ3v) is 6.93. The molecule has 0 atom stereocenters. The molecule has 0 saturated heterocycles. The van der Waals surface area contributed by atoms with Crippen LogP contribution in [0.2, 0.25) is 0 Å². The van der Waals surface area contributed by atoms with E-state index in [0.717, 1.165) is 37.2 Å². The molecule has 0 amide bonds. The van der Waals surface area contributed by atoms with Crippen molar-refractivity contribution in [2.24, 2.45) is 0 Å². The lowest BCUT2D eigenvalue weighted by molar-refractivity contribution is 0.233. The molecule has 2 heteroatoms. The summed E-state index contributed by atoms with van der Waals surface area (Å²) in [5.41, 5.74) is 5.58. The van der Waals surface area contributed by atoms with Crippen LogP contribution in [0.25, 0.3) is 0 Å². The van der Waals surface area contributed by atoms with Crippen LogP contribution in [-0.4, -0.2) is 13.2 Å². The number of rotatable bonds is 10. The molecule has 0 radical (unpaired) electrons. The zero-order valence-electron chi connectivity index (χ0n) is 20.2. The lowest BCUT2D eigenvalue weighted by Crippen LogP contribution is -2.24. The molecule has 0 fully saturated rings. The quantitative estimate of drug-likeness (QED) is 0.352. The summed E-state index contributed by atoms with van der Waals surface area (Å²) in [6.07, 6.45) is 16.3. The summed E-state index contributed by atoms with van der Waals surface area (Å²) in [6, 6.07) is 9.23. The molecule has 0 bridgehead atoms. The molecular weight excluding hydrogens is 392 g/mol. The molecule has 3 rings (SSSR count). The van der Waals surface area contributed by atoms with Crippen molar-refractivity contribution < 1.29 is 9.47 Å². The maximum atomic E-state index is 5.71. The maximum absolute atomic E-state index is 5.71. The Morgan fingerprint density at radius 3 is 1.31 bits per heavy atom. The topological polar surface area (TPSA) is 18.5 Å². The van der Waals surface area contributed by atoms with Crippen LogP contribution >= 0.6 is 0 Å². The van der Waals surface area contributed by atoms with Gasteiger partial charge in [-0.2, -0.15) is 0 Å². The molecule has 2 aliphatic carbocycles.